The third kappa shape index (κ3) is 2.40. The van der Waals surface area contributed by atoms with Crippen molar-refractivity contribution >= 4 is 11.8 Å². The van der Waals surface area contributed by atoms with Gasteiger partial charge in [-0.1, -0.05) is 18.2 Å². The van der Waals surface area contributed by atoms with Crippen molar-refractivity contribution in [3.63, 3.8) is 0 Å². The van der Waals surface area contributed by atoms with Crippen molar-refractivity contribution in [2.75, 3.05) is 6.26 Å². The highest BCUT2D eigenvalue weighted by Gasteiger charge is 2.18. The number of imidazole rings is 1. The summed E-state index contributed by atoms with van der Waals surface area (Å²) in [6, 6.07) is 11.7. The van der Waals surface area contributed by atoms with Gasteiger partial charge in [0.05, 0.1) is 11.4 Å². The molecule has 0 saturated heterocycles. The summed E-state index contributed by atoms with van der Waals surface area (Å²) in [4.78, 5) is 9.81. The van der Waals surface area contributed by atoms with Gasteiger partial charge in [0.15, 0.2) is 5.82 Å². The van der Waals surface area contributed by atoms with Crippen molar-refractivity contribution in [3.8, 4) is 22.6 Å². The highest BCUT2D eigenvalue weighted by Crippen LogP contribution is 2.32. The number of hydrogen-bond donors (Lipinski definition) is 1. The van der Waals surface area contributed by atoms with Crippen LogP contribution in [0.4, 0.5) is 0 Å². The Morgan fingerprint density at radius 1 is 1.14 bits per heavy atom. The Hall–Kier alpha value is -2.27. The van der Waals surface area contributed by atoms with Gasteiger partial charge in [0.1, 0.15) is 0 Å². The first-order valence-electron chi connectivity index (χ1n) is 6.54. The van der Waals surface area contributed by atoms with Gasteiger partial charge in [0.25, 0.3) is 0 Å². The van der Waals surface area contributed by atoms with Gasteiger partial charge in [0, 0.05) is 28.4 Å². The molecule has 0 atom stereocenters. The second-order valence-corrected chi connectivity index (χ2v) is 5.47. The SMILES string of the molecule is CSc1ccccc1-c1nc(-c2cccnc2)c(C)n1O. The Morgan fingerprint density at radius 3 is 2.67 bits per heavy atom. The van der Waals surface area contributed by atoms with Gasteiger partial charge in [0.2, 0.25) is 0 Å². The molecule has 106 valence electrons. The lowest BCUT2D eigenvalue weighted by Crippen LogP contribution is -1.97. The Morgan fingerprint density at radius 2 is 1.95 bits per heavy atom. The number of hydrogen-bond acceptors (Lipinski definition) is 4. The molecule has 21 heavy (non-hydrogen) atoms. The maximum Gasteiger partial charge on any atom is 0.177 e. The maximum absolute atomic E-state index is 10.4. The van der Waals surface area contributed by atoms with E-state index in [0.717, 1.165) is 26.4 Å². The van der Waals surface area contributed by atoms with Crippen LogP contribution in [0.15, 0.2) is 53.7 Å². The van der Waals surface area contributed by atoms with E-state index in [9.17, 15) is 5.21 Å². The third-order valence-electron chi connectivity index (χ3n) is 3.36. The molecule has 0 aliphatic carbocycles. The molecule has 5 heteroatoms. The van der Waals surface area contributed by atoms with Crippen LogP contribution in [-0.4, -0.2) is 26.2 Å². The monoisotopic (exact) mass is 297 g/mol. The topological polar surface area (TPSA) is 50.9 Å². The van der Waals surface area contributed by atoms with E-state index in [1.54, 1.807) is 24.2 Å². The average molecular weight is 297 g/mol. The van der Waals surface area contributed by atoms with Crippen molar-refractivity contribution in [1.82, 2.24) is 14.7 Å². The van der Waals surface area contributed by atoms with Crippen LogP contribution >= 0.6 is 11.8 Å². The van der Waals surface area contributed by atoms with E-state index in [1.165, 1.54) is 0 Å². The van der Waals surface area contributed by atoms with Crippen LogP contribution in [-0.2, 0) is 0 Å². The van der Waals surface area contributed by atoms with E-state index >= 15 is 0 Å². The summed E-state index contributed by atoms with van der Waals surface area (Å²) in [7, 11) is 0. The van der Waals surface area contributed by atoms with E-state index in [0.29, 0.717) is 11.5 Å². The van der Waals surface area contributed by atoms with Crippen LogP contribution in [0.1, 0.15) is 5.69 Å². The first kappa shape index (κ1) is 13.7. The van der Waals surface area contributed by atoms with E-state index in [2.05, 4.69) is 9.97 Å². The second kappa shape index (κ2) is 5.61. The van der Waals surface area contributed by atoms with Crippen LogP contribution in [0.25, 0.3) is 22.6 Å². The van der Waals surface area contributed by atoms with Gasteiger partial charge >= 0.3 is 0 Å². The lowest BCUT2D eigenvalue weighted by molar-refractivity contribution is 0.184. The number of pyridine rings is 1. The Balaban J connectivity index is 2.18. The lowest BCUT2D eigenvalue weighted by atomic mass is 10.2. The molecule has 0 aliphatic rings. The molecule has 0 radical (unpaired) electrons. The zero-order valence-corrected chi connectivity index (χ0v) is 12.6. The van der Waals surface area contributed by atoms with E-state index in [1.807, 2.05) is 49.6 Å². The molecule has 0 aliphatic heterocycles. The molecule has 0 saturated carbocycles. The van der Waals surface area contributed by atoms with Gasteiger partial charge < -0.3 is 5.21 Å². The molecule has 2 aromatic heterocycles. The largest absolute Gasteiger partial charge is 0.427 e. The molecule has 1 aromatic carbocycles. The predicted molar refractivity (Wildman–Crippen MR) is 84.6 cm³/mol. The van der Waals surface area contributed by atoms with Gasteiger partial charge in [-0.15, -0.1) is 11.8 Å². The van der Waals surface area contributed by atoms with Crippen LogP contribution in [0.3, 0.4) is 0 Å². The fraction of sp³-hybridized carbons (Fsp3) is 0.125. The standard InChI is InChI=1S/C16H15N3OS/c1-11-15(12-6-5-9-17-10-12)18-16(19(11)20)13-7-3-4-8-14(13)21-2/h3-10,20H,1-2H3. The number of thioether (sulfide) groups is 1. The molecule has 4 nitrogen and oxygen atoms in total. The maximum atomic E-state index is 10.4. The molecule has 1 N–H and O–H groups in total. The van der Waals surface area contributed by atoms with Gasteiger partial charge in [-0.25, -0.2) is 4.98 Å². The summed E-state index contributed by atoms with van der Waals surface area (Å²) in [5.41, 5.74) is 3.27. The molecule has 0 spiro atoms. The Bertz CT molecular complexity index is 768. The fourth-order valence-electron chi connectivity index (χ4n) is 2.27. The summed E-state index contributed by atoms with van der Waals surface area (Å²) in [6.45, 7) is 1.85. The van der Waals surface area contributed by atoms with Crippen molar-refractivity contribution < 1.29 is 5.21 Å². The number of aromatic nitrogens is 3. The molecule has 3 aromatic rings. The van der Waals surface area contributed by atoms with E-state index in [4.69, 9.17) is 0 Å². The third-order valence-corrected chi connectivity index (χ3v) is 4.16. The van der Waals surface area contributed by atoms with Crippen LogP contribution < -0.4 is 0 Å². The zero-order valence-electron chi connectivity index (χ0n) is 11.8. The van der Waals surface area contributed by atoms with Crippen molar-refractivity contribution in [1.29, 1.82) is 0 Å². The molecular weight excluding hydrogens is 282 g/mol. The molecular formula is C16H15N3OS. The molecule has 0 amide bonds. The summed E-state index contributed by atoms with van der Waals surface area (Å²) in [6.07, 6.45) is 5.48. The second-order valence-electron chi connectivity index (χ2n) is 4.62. The molecule has 3 rings (SSSR count). The smallest absolute Gasteiger partial charge is 0.177 e. The Labute approximate surface area is 127 Å². The van der Waals surface area contributed by atoms with Gasteiger partial charge in [-0.3, -0.25) is 4.98 Å². The summed E-state index contributed by atoms with van der Waals surface area (Å²) < 4.78 is 1.15. The average Bonchev–Trinajstić information content (AvgIpc) is 2.84. The van der Waals surface area contributed by atoms with Crippen molar-refractivity contribution in [2.45, 2.75) is 11.8 Å². The predicted octanol–water partition coefficient (Wildman–Crippen LogP) is 3.88. The first-order chi connectivity index (χ1) is 10.2. The number of nitrogens with zero attached hydrogens (tertiary/aromatic N) is 3. The van der Waals surface area contributed by atoms with Crippen molar-refractivity contribution in [2.24, 2.45) is 0 Å². The quantitative estimate of drug-likeness (QED) is 0.589. The molecule has 0 unspecified atom stereocenters. The molecule has 0 bridgehead atoms. The minimum Gasteiger partial charge on any atom is -0.427 e. The minimum atomic E-state index is 0.552. The lowest BCUT2D eigenvalue weighted by Gasteiger charge is -2.06. The number of rotatable bonds is 3. The van der Waals surface area contributed by atoms with Crippen molar-refractivity contribution in [3.05, 3.63) is 54.5 Å². The summed E-state index contributed by atoms with van der Waals surface area (Å²) in [5.74, 6) is 0.552. The van der Waals surface area contributed by atoms with E-state index < -0.39 is 0 Å². The van der Waals surface area contributed by atoms with E-state index in [-0.39, 0.29) is 0 Å². The molecule has 0 fully saturated rings. The van der Waals surface area contributed by atoms with Crippen LogP contribution in [0.2, 0.25) is 0 Å². The molecule has 2 heterocycles. The first-order valence-corrected chi connectivity index (χ1v) is 7.77. The normalized spacial score (nSPS) is 10.8. The van der Waals surface area contributed by atoms with Crippen LogP contribution in [0.5, 0.6) is 0 Å². The fourth-order valence-corrected chi connectivity index (χ4v) is 2.87. The van der Waals surface area contributed by atoms with Gasteiger partial charge in [-0.2, -0.15) is 4.73 Å². The summed E-state index contributed by atoms with van der Waals surface area (Å²) >= 11 is 1.63. The zero-order chi connectivity index (χ0) is 14.8. The van der Waals surface area contributed by atoms with Gasteiger partial charge in [-0.05, 0) is 31.4 Å². The Kier molecular flexibility index (Phi) is 3.66. The number of benzene rings is 1. The highest BCUT2D eigenvalue weighted by molar-refractivity contribution is 7.98. The van der Waals surface area contributed by atoms with Crippen LogP contribution in [0, 0.1) is 6.92 Å². The minimum absolute atomic E-state index is 0.552. The highest BCUT2D eigenvalue weighted by atomic mass is 32.2. The summed E-state index contributed by atoms with van der Waals surface area (Å²) in [5, 5.41) is 10.4.